The van der Waals surface area contributed by atoms with Gasteiger partial charge >= 0.3 is 0 Å². The highest BCUT2D eigenvalue weighted by Gasteiger charge is 1.91. The van der Waals surface area contributed by atoms with Crippen LogP contribution in [0, 0.1) is 19.3 Å². The molecule has 0 bridgehead atoms. The van der Waals surface area contributed by atoms with Gasteiger partial charge in [0.15, 0.2) is 0 Å². The summed E-state index contributed by atoms with van der Waals surface area (Å²) in [6, 6.07) is 5.74. The van der Waals surface area contributed by atoms with Gasteiger partial charge in [0, 0.05) is 10.5 Å². The van der Waals surface area contributed by atoms with Crippen molar-refractivity contribution < 1.29 is 0 Å². The Morgan fingerprint density at radius 3 is 2.70 bits per heavy atom. The number of benzene rings is 1. The summed E-state index contributed by atoms with van der Waals surface area (Å²) in [4.78, 5) is 0.985. The van der Waals surface area contributed by atoms with E-state index in [4.69, 9.17) is 6.42 Å². The molecule has 0 saturated heterocycles. The zero-order chi connectivity index (χ0) is 7.56. The van der Waals surface area contributed by atoms with Gasteiger partial charge < -0.3 is 0 Å². The van der Waals surface area contributed by atoms with Gasteiger partial charge in [-0.25, -0.2) is 0 Å². The molecule has 1 aromatic carbocycles. The molecule has 1 rings (SSSR count). The number of terminal acetylenes is 1. The highest BCUT2D eigenvalue weighted by molar-refractivity contribution is 7.80. The van der Waals surface area contributed by atoms with Crippen LogP contribution in [0.25, 0.3) is 0 Å². The lowest BCUT2D eigenvalue weighted by atomic mass is 10.1. The van der Waals surface area contributed by atoms with Crippen LogP contribution in [0.5, 0.6) is 0 Å². The van der Waals surface area contributed by atoms with E-state index in [1.165, 1.54) is 0 Å². The van der Waals surface area contributed by atoms with Gasteiger partial charge in [0.25, 0.3) is 0 Å². The van der Waals surface area contributed by atoms with E-state index in [2.05, 4.69) is 18.5 Å². The normalized spacial score (nSPS) is 8.90. The Morgan fingerprint density at radius 1 is 1.50 bits per heavy atom. The second-order valence-electron chi connectivity index (χ2n) is 2.15. The highest BCUT2D eigenvalue weighted by Crippen LogP contribution is 2.13. The lowest BCUT2D eigenvalue weighted by Crippen LogP contribution is -1.78. The largest absolute Gasteiger partial charge is 0.143 e. The minimum atomic E-state index is 0.912. The van der Waals surface area contributed by atoms with E-state index in [9.17, 15) is 0 Å². The molecule has 1 heteroatoms. The first-order valence-corrected chi connectivity index (χ1v) is 3.45. The van der Waals surface area contributed by atoms with Crippen LogP contribution in [0.15, 0.2) is 23.1 Å². The topological polar surface area (TPSA) is 0 Å². The molecular formula is C9H8S. The quantitative estimate of drug-likeness (QED) is 0.423. The summed E-state index contributed by atoms with van der Waals surface area (Å²) < 4.78 is 0. The van der Waals surface area contributed by atoms with Crippen molar-refractivity contribution in [1.82, 2.24) is 0 Å². The SMILES string of the molecule is C#Cc1ccc(S)c(C)c1. The van der Waals surface area contributed by atoms with E-state index < -0.39 is 0 Å². The summed E-state index contributed by atoms with van der Waals surface area (Å²) in [5, 5.41) is 0. The maximum absolute atomic E-state index is 5.19. The Kier molecular flexibility index (Phi) is 2.03. The van der Waals surface area contributed by atoms with Crippen molar-refractivity contribution in [1.29, 1.82) is 0 Å². The van der Waals surface area contributed by atoms with Crippen LogP contribution in [-0.4, -0.2) is 0 Å². The molecule has 0 aromatic heterocycles. The average Bonchev–Trinajstić information content (AvgIpc) is 1.95. The van der Waals surface area contributed by atoms with Gasteiger partial charge in [-0.3, -0.25) is 0 Å². The summed E-state index contributed by atoms with van der Waals surface area (Å²) >= 11 is 4.22. The first kappa shape index (κ1) is 7.24. The molecule has 0 aliphatic rings. The second kappa shape index (κ2) is 2.81. The van der Waals surface area contributed by atoms with Crippen LogP contribution < -0.4 is 0 Å². The molecule has 1 aromatic rings. The Morgan fingerprint density at radius 2 is 2.20 bits per heavy atom. The maximum Gasteiger partial charge on any atom is 0.0246 e. The van der Waals surface area contributed by atoms with Crippen LogP contribution in [-0.2, 0) is 0 Å². The Hall–Kier alpha value is -0.870. The third kappa shape index (κ3) is 1.34. The van der Waals surface area contributed by atoms with E-state index in [1.54, 1.807) is 0 Å². The standard InChI is InChI=1S/C9H8S/c1-3-8-4-5-9(10)7(2)6-8/h1,4-6,10H,2H3. The number of aryl methyl sites for hydroxylation is 1. The van der Waals surface area contributed by atoms with Crippen LogP contribution in [0.1, 0.15) is 11.1 Å². The zero-order valence-corrected chi connectivity index (χ0v) is 6.65. The second-order valence-corrected chi connectivity index (χ2v) is 2.63. The number of thiol groups is 1. The maximum atomic E-state index is 5.19. The number of hydrogen-bond acceptors (Lipinski definition) is 1. The molecule has 0 radical (unpaired) electrons. The van der Waals surface area contributed by atoms with Gasteiger partial charge in [0.2, 0.25) is 0 Å². The van der Waals surface area contributed by atoms with Gasteiger partial charge in [0.1, 0.15) is 0 Å². The van der Waals surface area contributed by atoms with Crippen molar-refractivity contribution in [3.63, 3.8) is 0 Å². The van der Waals surface area contributed by atoms with Gasteiger partial charge in [-0.05, 0) is 30.7 Å². The van der Waals surface area contributed by atoms with Crippen molar-refractivity contribution in [3.8, 4) is 12.3 Å². The summed E-state index contributed by atoms with van der Waals surface area (Å²) in [5.41, 5.74) is 2.04. The molecule has 10 heavy (non-hydrogen) atoms. The smallest absolute Gasteiger partial charge is 0.0246 e. The molecule has 0 nitrogen and oxygen atoms in total. The predicted octanol–water partition coefficient (Wildman–Crippen LogP) is 2.27. The number of rotatable bonds is 0. The molecule has 0 aliphatic carbocycles. The predicted molar refractivity (Wildman–Crippen MR) is 46.4 cm³/mol. The summed E-state index contributed by atoms with van der Waals surface area (Å²) in [5.74, 6) is 2.56. The van der Waals surface area contributed by atoms with Gasteiger partial charge in [-0.2, -0.15) is 0 Å². The van der Waals surface area contributed by atoms with Crippen molar-refractivity contribution in [2.24, 2.45) is 0 Å². The fraction of sp³-hybridized carbons (Fsp3) is 0.111. The first-order chi connectivity index (χ1) is 4.74. The molecule has 0 saturated carbocycles. The van der Waals surface area contributed by atoms with Gasteiger partial charge in [-0.1, -0.05) is 5.92 Å². The average molecular weight is 148 g/mol. The molecule has 0 heterocycles. The minimum absolute atomic E-state index is 0.912. The number of hydrogen-bond donors (Lipinski definition) is 1. The van der Waals surface area contributed by atoms with E-state index in [1.807, 2.05) is 25.1 Å². The van der Waals surface area contributed by atoms with E-state index in [-0.39, 0.29) is 0 Å². The molecule has 0 amide bonds. The van der Waals surface area contributed by atoms with Crippen LogP contribution in [0.2, 0.25) is 0 Å². The fourth-order valence-electron chi connectivity index (χ4n) is 0.745. The Labute approximate surface area is 66.7 Å². The first-order valence-electron chi connectivity index (χ1n) is 3.00. The van der Waals surface area contributed by atoms with Crippen molar-refractivity contribution >= 4 is 12.6 Å². The molecule has 0 unspecified atom stereocenters. The summed E-state index contributed by atoms with van der Waals surface area (Å²) in [6.07, 6.45) is 5.19. The summed E-state index contributed by atoms with van der Waals surface area (Å²) in [7, 11) is 0. The Bertz CT molecular complexity index is 281. The fourth-order valence-corrected chi connectivity index (χ4v) is 0.884. The van der Waals surface area contributed by atoms with Crippen LogP contribution >= 0.6 is 12.6 Å². The van der Waals surface area contributed by atoms with Crippen molar-refractivity contribution in [2.45, 2.75) is 11.8 Å². The zero-order valence-electron chi connectivity index (χ0n) is 5.76. The minimum Gasteiger partial charge on any atom is -0.143 e. The van der Waals surface area contributed by atoms with E-state index in [0.717, 1.165) is 16.0 Å². The van der Waals surface area contributed by atoms with Crippen molar-refractivity contribution in [3.05, 3.63) is 29.3 Å². The lowest BCUT2D eigenvalue weighted by Gasteiger charge is -1.97. The van der Waals surface area contributed by atoms with Crippen LogP contribution in [0.3, 0.4) is 0 Å². The van der Waals surface area contributed by atoms with Gasteiger partial charge in [-0.15, -0.1) is 19.1 Å². The lowest BCUT2D eigenvalue weighted by molar-refractivity contribution is 1.30. The molecule has 0 atom stereocenters. The molecule has 0 aliphatic heterocycles. The highest BCUT2D eigenvalue weighted by atomic mass is 32.1. The van der Waals surface area contributed by atoms with E-state index in [0.29, 0.717) is 0 Å². The Balaban J connectivity index is 3.20. The molecule has 0 spiro atoms. The summed E-state index contributed by atoms with van der Waals surface area (Å²) in [6.45, 7) is 1.99. The van der Waals surface area contributed by atoms with Crippen molar-refractivity contribution in [2.75, 3.05) is 0 Å². The van der Waals surface area contributed by atoms with Crippen LogP contribution in [0.4, 0.5) is 0 Å². The third-order valence-corrected chi connectivity index (χ3v) is 1.87. The monoisotopic (exact) mass is 148 g/mol. The van der Waals surface area contributed by atoms with E-state index >= 15 is 0 Å². The molecule has 0 N–H and O–H groups in total. The molecule has 0 fully saturated rings. The third-order valence-electron chi connectivity index (χ3n) is 1.36. The molecular weight excluding hydrogens is 140 g/mol. The van der Waals surface area contributed by atoms with Gasteiger partial charge in [0.05, 0.1) is 0 Å². The molecule has 50 valence electrons.